The number of anilines is 1. The summed E-state index contributed by atoms with van der Waals surface area (Å²) in [6, 6.07) is 1.84. The molecule has 1 saturated carbocycles. The predicted octanol–water partition coefficient (Wildman–Crippen LogP) is 1.12. The molecule has 0 amide bonds. The fourth-order valence-electron chi connectivity index (χ4n) is 1.37. The smallest absolute Gasteiger partial charge is 0.145 e. The molecule has 60 valence electrons. The van der Waals surface area contributed by atoms with Crippen LogP contribution in [0.5, 0.6) is 0 Å². The van der Waals surface area contributed by atoms with Crippen LogP contribution >= 0.6 is 0 Å². The number of nitrogens with two attached hydrogens (primary N) is 1. The highest BCUT2D eigenvalue weighted by molar-refractivity contribution is 5.23. The largest absolute Gasteiger partial charge is 0.382 e. The second-order valence-electron chi connectivity index (χ2n) is 3.44. The van der Waals surface area contributed by atoms with Gasteiger partial charge in [-0.05, 0) is 24.3 Å². The number of hydrogen-bond donors (Lipinski definition) is 1. The predicted molar refractivity (Wildman–Crippen MR) is 43.9 cm³/mol. The molecular formula is C8H13N3. The van der Waals surface area contributed by atoms with Gasteiger partial charge in [-0.2, -0.15) is 5.10 Å². The summed E-state index contributed by atoms with van der Waals surface area (Å²) in [6.45, 7) is 3.32. The lowest BCUT2D eigenvalue weighted by Gasteiger charge is -1.97. The fraction of sp³-hybridized carbons (Fsp3) is 0.625. The molecule has 2 unspecified atom stereocenters. The monoisotopic (exact) mass is 151 g/mol. The van der Waals surface area contributed by atoms with Gasteiger partial charge >= 0.3 is 0 Å². The Kier molecular flexibility index (Phi) is 1.37. The van der Waals surface area contributed by atoms with Crippen molar-refractivity contribution in [2.45, 2.75) is 19.9 Å². The molecule has 1 fully saturated rings. The van der Waals surface area contributed by atoms with Crippen LogP contribution in [0.25, 0.3) is 0 Å². The van der Waals surface area contributed by atoms with Crippen LogP contribution in [0.15, 0.2) is 12.3 Å². The Morgan fingerprint density at radius 2 is 2.55 bits per heavy atom. The van der Waals surface area contributed by atoms with Crippen molar-refractivity contribution >= 4 is 5.82 Å². The van der Waals surface area contributed by atoms with Gasteiger partial charge < -0.3 is 5.73 Å². The maximum atomic E-state index is 5.48. The molecule has 1 aliphatic carbocycles. The summed E-state index contributed by atoms with van der Waals surface area (Å²) in [4.78, 5) is 0. The minimum absolute atomic E-state index is 0.623. The number of rotatable bonds is 2. The Labute approximate surface area is 66.2 Å². The van der Waals surface area contributed by atoms with Crippen LogP contribution in [-0.2, 0) is 6.54 Å². The van der Waals surface area contributed by atoms with Gasteiger partial charge in [-0.3, -0.25) is 4.68 Å². The van der Waals surface area contributed by atoms with E-state index in [1.807, 2.05) is 16.9 Å². The quantitative estimate of drug-likeness (QED) is 0.688. The van der Waals surface area contributed by atoms with E-state index < -0.39 is 0 Å². The molecule has 0 radical (unpaired) electrons. The molecule has 0 aromatic carbocycles. The first-order chi connectivity index (χ1) is 5.25. The highest BCUT2D eigenvalue weighted by atomic mass is 15.3. The summed E-state index contributed by atoms with van der Waals surface area (Å²) in [6.07, 6.45) is 3.29. The SMILES string of the molecule is CC1CC1Cn1ccc(N)n1. The summed E-state index contributed by atoms with van der Waals surface area (Å²) >= 11 is 0. The molecule has 0 spiro atoms. The zero-order valence-corrected chi connectivity index (χ0v) is 6.70. The number of hydrogen-bond acceptors (Lipinski definition) is 2. The van der Waals surface area contributed by atoms with Gasteiger partial charge in [0.1, 0.15) is 5.82 Å². The highest BCUT2D eigenvalue weighted by Crippen LogP contribution is 2.38. The molecule has 0 aliphatic heterocycles. The minimum atomic E-state index is 0.623. The molecule has 1 aliphatic rings. The standard InChI is InChI=1S/C8H13N3/c1-6-4-7(6)5-11-3-2-8(9)10-11/h2-3,6-7H,4-5H2,1H3,(H2,9,10). The lowest BCUT2D eigenvalue weighted by molar-refractivity contribution is 0.541. The molecule has 11 heavy (non-hydrogen) atoms. The second kappa shape index (κ2) is 2.26. The lowest BCUT2D eigenvalue weighted by Crippen LogP contribution is -2.01. The number of nitrogen functional groups attached to an aromatic ring is 1. The first-order valence-corrected chi connectivity index (χ1v) is 4.04. The van der Waals surface area contributed by atoms with E-state index in [9.17, 15) is 0 Å². The van der Waals surface area contributed by atoms with E-state index in [1.54, 1.807) is 0 Å². The van der Waals surface area contributed by atoms with Gasteiger partial charge in [-0.25, -0.2) is 0 Å². The van der Waals surface area contributed by atoms with Crippen molar-refractivity contribution < 1.29 is 0 Å². The van der Waals surface area contributed by atoms with Crippen molar-refractivity contribution in [2.75, 3.05) is 5.73 Å². The molecule has 2 atom stereocenters. The highest BCUT2D eigenvalue weighted by Gasteiger charge is 2.32. The first kappa shape index (κ1) is 6.70. The van der Waals surface area contributed by atoms with Crippen LogP contribution in [0.3, 0.4) is 0 Å². The fourth-order valence-corrected chi connectivity index (χ4v) is 1.37. The van der Waals surface area contributed by atoms with E-state index >= 15 is 0 Å². The third kappa shape index (κ3) is 1.37. The van der Waals surface area contributed by atoms with Crippen LogP contribution < -0.4 is 5.73 Å². The van der Waals surface area contributed by atoms with E-state index in [0.29, 0.717) is 5.82 Å². The molecular weight excluding hydrogens is 138 g/mol. The summed E-state index contributed by atoms with van der Waals surface area (Å²) in [7, 11) is 0. The Hall–Kier alpha value is -0.990. The third-order valence-electron chi connectivity index (χ3n) is 2.36. The Bertz CT molecular complexity index is 254. The topological polar surface area (TPSA) is 43.8 Å². The Morgan fingerprint density at radius 1 is 1.82 bits per heavy atom. The van der Waals surface area contributed by atoms with E-state index in [4.69, 9.17) is 5.73 Å². The molecule has 1 aromatic heterocycles. The van der Waals surface area contributed by atoms with Crippen LogP contribution in [0.2, 0.25) is 0 Å². The third-order valence-corrected chi connectivity index (χ3v) is 2.36. The van der Waals surface area contributed by atoms with E-state index in [1.165, 1.54) is 6.42 Å². The molecule has 1 aromatic rings. The molecule has 2 rings (SSSR count). The van der Waals surface area contributed by atoms with Crippen molar-refractivity contribution in [1.82, 2.24) is 9.78 Å². The summed E-state index contributed by atoms with van der Waals surface area (Å²) in [5.41, 5.74) is 5.48. The van der Waals surface area contributed by atoms with Crippen LogP contribution in [-0.4, -0.2) is 9.78 Å². The maximum Gasteiger partial charge on any atom is 0.145 e. The molecule has 3 nitrogen and oxygen atoms in total. The van der Waals surface area contributed by atoms with E-state index in [-0.39, 0.29) is 0 Å². The summed E-state index contributed by atoms with van der Waals surface area (Å²) in [5, 5.41) is 4.12. The van der Waals surface area contributed by atoms with Crippen LogP contribution in [0, 0.1) is 11.8 Å². The van der Waals surface area contributed by atoms with Gasteiger partial charge in [0.2, 0.25) is 0 Å². The van der Waals surface area contributed by atoms with Gasteiger partial charge in [0.25, 0.3) is 0 Å². The van der Waals surface area contributed by atoms with Gasteiger partial charge in [-0.1, -0.05) is 6.92 Å². The first-order valence-electron chi connectivity index (χ1n) is 4.04. The van der Waals surface area contributed by atoms with Crippen LogP contribution in [0.4, 0.5) is 5.82 Å². The van der Waals surface area contributed by atoms with Crippen molar-refractivity contribution in [1.29, 1.82) is 0 Å². The average Bonchev–Trinajstić information content (AvgIpc) is 2.42. The Balaban J connectivity index is 1.96. The zero-order valence-electron chi connectivity index (χ0n) is 6.70. The van der Waals surface area contributed by atoms with Gasteiger partial charge in [0.15, 0.2) is 0 Å². The van der Waals surface area contributed by atoms with Crippen LogP contribution in [0.1, 0.15) is 13.3 Å². The number of nitrogens with zero attached hydrogens (tertiary/aromatic N) is 2. The van der Waals surface area contributed by atoms with Crippen molar-refractivity contribution in [3.05, 3.63) is 12.3 Å². The normalized spacial score (nSPS) is 28.8. The summed E-state index contributed by atoms with van der Waals surface area (Å²) < 4.78 is 1.93. The van der Waals surface area contributed by atoms with E-state index in [0.717, 1.165) is 18.4 Å². The van der Waals surface area contributed by atoms with Crippen molar-refractivity contribution in [3.8, 4) is 0 Å². The van der Waals surface area contributed by atoms with Crippen molar-refractivity contribution in [3.63, 3.8) is 0 Å². The molecule has 0 saturated heterocycles. The zero-order chi connectivity index (χ0) is 7.84. The van der Waals surface area contributed by atoms with Gasteiger partial charge in [0.05, 0.1) is 0 Å². The summed E-state index contributed by atoms with van der Waals surface area (Å²) in [5.74, 6) is 2.35. The lowest BCUT2D eigenvalue weighted by atomic mass is 10.3. The minimum Gasteiger partial charge on any atom is -0.382 e. The maximum absolute atomic E-state index is 5.48. The average molecular weight is 151 g/mol. The molecule has 3 heteroatoms. The second-order valence-corrected chi connectivity index (χ2v) is 3.44. The molecule has 0 bridgehead atoms. The van der Waals surface area contributed by atoms with Crippen molar-refractivity contribution in [2.24, 2.45) is 11.8 Å². The van der Waals surface area contributed by atoms with Gasteiger partial charge in [-0.15, -0.1) is 0 Å². The number of aromatic nitrogens is 2. The van der Waals surface area contributed by atoms with Gasteiger partial charge in [0, 0.05) is 12.7 Å². The molecule has 2 N–H and O–H groups in total. The van der Waals surface area contributed by atoms with E-state index in [2.05, 4.69) is 12.0 Å². The molecule has 1 heterocycles. The Morgan fingerprint density at radius 3 is 3.00 bits per heavy atom.